The molecular weight excluding hydrogens is 384 g/mol. The molecule has 1 aliphatic heterocycles. The zero-order chi connectivity index (χ0) is 18.1. The van der Waals surface area contributed by atoms with Crippen LogP contribution in [0.5, 0.6) is 0 Å². The van der Waals surface area contributed by atoms with Gasteiger partial charge in [-0.3, -0.25) is 4.79 Å². The maximum absolute atomic E-state index is 12.5. The maximum Gasteiger partial charge on any atom is 0.232 e. The van der Waals surface area contributed by atoms with Crippen molar-refractivity contribution in [2.24, 2.45) is 5.92 Å². The van der Waals surface area contributed by atoms with E-state index in [0.717, 1.165) is 62.7 Å². The van der Waals surface area contributed by atoms with Gasteiger partial charge < -0.3 is 4.90 Å². The summed E-state index contributed by atoms with van der Waals surface area (Å²) in [5, 5.41) is 12.6. The summed E-state index contributed by atoms with van der Waals surface area (Å²) in [6, 6.07) is 4.07. The van der Waals surface area contributed by atoms with E-state index in [2.05, 4.69) is 28.2 Å². The molecule has 0 saturated carbocycles. The van der Waals surface area contributed by atoms with Crippen LogP contribution < -0.4 is 0 Å². The zero-order valence-corrected chi connectivity index (χ0v) is 17.2. The number of aryl methyl sites for hydroxylation is 1. The molecule has 0 N–H and O–H groups in total. The fourth-order valence-electron chi connectivity index (χ4n) is 3.07. The van der Waals surface area contributed by atoms with Crippen LogP contribution in [-0.2, 0) is 4.79 Å². The number of piperidine rings is 1. The molecule has 1 saturated heterocycles. The van der Waals surface area contributed by atoms with E-state index >= 15 is 0 Å². The molecule has 4 rings (SSSR count). The van der Waals surface area contributed by atoms with Crippen LogP contribution in [0.2, 0.25) is 0 Å². The van der Waals surface area contributed by atoms with E-state index in [4.69, 9.17) is 0 Å². The van der Waals surface area contributed by atoms with Gasteiger partial charge in [0.05, 0.1) is 20.3 Å². The summed E-state index contributed by atoms with van der Waals surface area (Å²) in [7, 11) is 0. The third kappa shape index (κ3) is 3.63. The van der Waals surface area contributed by atoms with Crippen molar-refractivity contribution in [1.82, 2.24) is 20.1 Å². The molecule has 0 radical (unpaired) electrons. The summed E-state index contributed by atoms with van der Waals surface area (Å²) in [5.74, 6) is 1.30. The average Bonchev–Trinajstić information content (AvgIpc) is 3.29. The Morgan fingerprint density at radius 1 is 1.35 bits per heavy atom. The third-order valence-electron chi connectivity index (χ3n) is 4.62. The Hall–Kier alpha value is -1.51. The number of thiophene rings is 1. The molecule has 3 aromatic rings. The smallest absolute Gasteiger partial charge is 0.232 e. The van der Waals surface area contributed by atoms with Crippen LogP contribution in [0, 0.1) is 12.8 Å². The molecule has 1 aliphatic rings. The lowest BCUT2D eigenvalue weighted by Crippen LogP contribution is -2.38. The zero-order valence-electron chi connectivity index (χ0n) is 14.8. The van der Waals surface area contributed by atoms with Crippen molar-refractivity contribution < 1.29 is 4.79 Å². The fourth-order valence-corrected chi connectivity index (χ4v) is 5.66. The Balaban J connectivity index is 1.54. The Labute approximate surface area is 164 Å². The molecule has 136 valence electrons. The van der Waals surface area contributed by atoms with Gasteiger partial charge in [0.1, 0.15) is 16.2 Å². The van der Waals surface area contributed by atoms with Crippen molar-refractivity contribution in [3.05, 3.63) is 22.5 Å². The van der Waals surface area contributed by atoms with Gasteiger partial charge in [-0.2, -0.15) is 0 Å². The van der Waals surface area contributed by atoms with Crippen LogP contribution in [0.1, 0.15) is 24.8 Å². The summed E-state index contributed by atoms with van der Waals surface area (Å²) in [4.78, 5) is 20.2. The number of rotatable bonds is 4. The van der Waals surface area contributed by atoms with Crippen LogP contribution in [0.4, 0.5) is 0 Å². The first-order chi connectivity index (χ1) is 12.6. The van der Waals surface area contributed by atoms with Crippen molar-refractivity contribution in [1.29, 1.82) is 0 Å². The molecule has 4 heterocycles. The van der Waals surface area contributed by atoms with Crippen LogP contribution >= 0.6 is 34.4 Å². The van der Waals surface area contributed by atoms with Crippen LogP contribution in [0.3, 0.4) is 0 Å². The minimum absolute atomic E-state index is 0.186. The lowest BCUT2D eigenvalue weighted by Gasteiger charge is -2.30. The Bertz CT molecular complexity index is 914. The van der Waals surface area contributed by atoms with Gasteiger partial charge in [-0.1, -0.05) is 24.8 Å². The Kier molecular flexibility index (Phi) is 5.24. The molecule has 0 aliphatic carbocycles. The maximum atomic E-state index is 12.5. The van der Waals surface area contributed by atoms with Crippen LogP contribution in [0.15, 0.2) is 22.5 Å². The van der Waals surface area contributed by atoms with Crippen LogP contribution in [-0.4, -0.2) is 44.8 Å². The van der Waals surface area contributed by atoms with Gasteiger partial charge in [-0.15, -0.1) is 32.9 Å². The van der Waals surface area contributed by atoms with Gasteiger partial charge in [-0.05, 0) is 37.1 Å². The van der Waals surface area contributed by atoms with Gasteiger partial charge in [0.2, 0.25) is 5.91 Å². The molecule has 0 atom stereocenters. The molecular formula is C18H20N4OS3. The lowest BCUT2D eigenvalue weighted by atomic mass is 9.99. The topological polar surface area (TPSA) is 59.0 Å². The molecule has 8 heteroatoms. The normalized spacial score (nSPS) is 15.7. The van der Waals surface area contributed by atoms with Crippen LogP contribution in [0.25, 0.3) is 20.8 Å². The number of hydrogen-bond acceptors (Lipinski definition) is 7. The summed E-state index contributed by atoms with van der Waals surface area (Å²) in [6.45, 7) is 5.99. The SMILES string of the molecule is Cc1nc2c(SCC(=O)N3CCC(C)CC3)nnc(-c3cccs3)c2s1. The van der Waals surface area contributed by atoms with Gasteiger partial charge in [0.15, 0.2) is 0 Å². The molecule has 5 nitrogen and oxygen atoms in total. The third-order valence-corrected chi connectivity index (χ3v) is 7.41. The Morgan fingerprint density at radius 2 is 2.15 bits per heavy atom. The molecule has 1 fully saturated rings. The summed E-state index contributed by atoms with van der Waals surface area (Å²) in [5.41, 5.74) is 1.76. The second kappa shape index (κ2) is 7.62. The van der Waals surface area contributed by atoms with Crippen molar-refractivity contribution in [3.8, 4) is 10.6 Å². The van der Waals surface area contributed by atoms with E-state index in [-0.39, 0.29) is 5.91 Å². The number of carbonyl (C=O) groups is 1. The Morgan fingerprint density at radius 3 is 2.88 bits per heavy atom. The largest absolute Gasteiger partial charge is 0.342 e. The second-order valence-corrected chi connectivity index (χ2v) is 9.71. The minimum atomic E-state index is 0.186. The van der Waals surface area contributed by atoms with Gasteiger partial charge >= 0.3 is 0 Å². The fraction of sp³-hybridized carbons (Fsp3) is 0.444. The molecule has 26 heavy (non-hydrogen) atoms. The molecule has 0 unspecified atom stereocenters. The van der Waals surface area contributed by atoms with Gasteiger partial charge in [-0.25, -0.2) is 4.98 Å². The molecule has 0 bridgehead atoms. The number of amides is 1. The highest BCUT2D eigenvalue weighted by Crippen LogP contribution is 2.36. The van der Waals surface area contributed by atoms with Crippen molar-refractivity contribution in [2.75, 3.05) is 18.8 Å². The predicted octanol–water partition coefficient (Wildman–Crippen LogP) is 4.47. The van der Waals surface area contributed by atoms with Gasteiger partial charge in [0.25, 0.3) is 0 Å². The quantitative estimate of drug-likeness (QED) is 0.600. The number of likely N-dealkylation sites (tertiary alicyclic amines) is 1. The van der Waals surface area contributed by atoms with E-state index in [0.29, 0.717) is 5.75 Å². The second-order valence-electron chi connectivity index (χ2n) is 6.59. The number of aromatic nitrogens is 3. The van der Waals surface area contributed by atoms with Gasteiger partial charge in [0, 0.05) is 13.1 Å². The molecule has 3 aromatic heterocycles. The number of fused-ring (bicyclic) bond motifs is 1. The number of carbonyl (C=O) groups excluding carboxylic acids is 1. The first-order valence-electron chi connectivity index (χ1n) is 8.70. The van der Waals surface area contributed by atoms with Crippen molar-refractivity contribution in [3.63, 3.8) is 0 Å². The number of thioether (sulfide) groups is 1. The summed E-state index contributed by atoms with van der Waals surface area (Å²) >= 11 is 4.74. The highest BCUT2D eigenvalue weighted by molar-refractivity contribution is 8.00. The van der Waals surface area contributed by atoms with E-state index < -0.39 is 0 Å². The van der Waals surface area contributed by atoms with Crippen molar-refractivity contribution in [2.45, 2.75) is 31.7 Å². The van der Waals surface area contributed by atoms with E-state index in [1.54, 1.807) is 22.7 Å². The summed E-state index contributed by atoms with van der Waals surface area (Å²) < 4.78 is 1.06. The van der Waals surface area contributed by atoms with E-state index in [1.165, 1.54) is 11.8 Å². The highest BCUT2D eigenvalue weighted by atomic mass is 32.2. The highest BCUT2D eigenvalue weighted by Gasteiger charge is 2.22. The summed E-state index contributed by atoms with van der Waals surface area (Å²) in [6.07, 6.45) is 2.20. The molecule has 0 aromatic carbocycles. The minimum Gasteiger partial charge on any atom is -0.342 e. The number of nitrogens with zero attached hydrogens (tertiary/aromatic N) is 4. The monoisotopic (exact) mass is 404 g/mol. The van der Waals surface area contributed by atoms with E-state index in [9.17, 15) is 4.79 Å². The average molecular weight is 405 g/mol. The van der Waals surface area contributed by atoms with E-state index in [1.807, 2.05) is 23.3 Å². The lowest BCUT2D eigenvalue weighted by molar-refractivity contribution is -0.129. The number of hydrogen-bond donors (Lipinski definition) is 0. The first kappa shape index (κ1) is 17.9. The first-order valence-corrected chi connectivity index (χ1v) is 11.4. The molecule has 1 amide bonds. The van der Waals surface area contributed by atoms with Crippen molar-refractivity contribution >= 4 is 50.6 Å². The predicted molar refractivity (Wildman–Crippen MR) is 109 cm³/mol. The molecule has 0 spiro atoms. The standard InChI is InChI=1S/C18H20N4OS3/c1-11-5-7-22(8-6-11)14(23)10-25-18-16-17(26-12(2)19-16)15(20-21-18)13-4-3-9-24-13/h3-4,9,11H,5-8,10H2,1-2H3. The number of thiazole rings is 1.